The van der Waals surface area contributed by atoms with Crippen LogP contribution in [-0.2, 0) is 9.53 Å². The molecule has 2 nitrogen and oxygen atoms in total. The van der Waals surface area contributed by atoms with Gasteiger partial charge >= 0.3 is 5.97 Å². The Morgan fingerprint density at radius 1 is 1.35 bits per heavy atom. The molecule has 2 heteroatoms. The molecule has 0 aromatic heterocycles. The largest absolute Gasteiger partial charge is 0.469 e. The van der Waals surface area contributed by atoms with E-state index in [-0.39, 0.29) is 5.97 Å². The number of ether oxygens (including phenoxy) is 1. The van der Waals surface area contributed by atoms with E-state index in [1.54, 1.807) is 11.1 Å². The van der Waals surface area contributed by atoms with E-state index in [1.807, 2.05) is 0 Å². The molecule has 0 atom stereocenters. The van der Waals surface area contributed by atoms with Crippen LogP contribution in [0.3, 0.4) is 0 Å². The van der Waals surface area contributed by atoms with E-state index in [0.29, 0.717) is 11.8 Å². The summed E-state index contributed by atoms with van der Waals surface area (Å²) in [5.41, 5.74) is 5.01. The second-order valence-corrected chi connectivity index (χ2v) is 6.66. The summed E-state index contributed by atoms with van der Waals surface area (Å²) in [6.07, 6.45) is 9.64. The summed E-state index contributed by atoms with van der Waals surface area (Å²) in [4.78, 5) is 11.1. The Kier molecular flexibility index (Phi) is 6.51. The van der Waals surface area contributed by atoms with Crippen molar-refractivity contribution >= 4 is 5.97 Å². The van der Waals surface area contributed by atoms with Crippen LogP contribution in [0.5, 0.6) is 0 Å². The van der Waals surface area contributed by atoms with Crippen molar-refractivity contribution < 1.29 is 9.53 Å². The molecule has 0 aliphatic heterocycles. The number of methoxy groups -OCH3 is 1. The molecule has 0 unspecified atom stereocenters. The van der Waals surface area contributed by atoms with Crippen LogP contribution in [0.25, 0.3) is 0 Å². The SMILES string of the molecule is COC(=O)CCC=C(C)CCC1=C(C)CCCC1(C)C. The van der Waals surface area contributed by atoms with Gasteiger partial charge in [0.2, 0.25) is 0 Å². The van der Waals surface area contributed by atoms with Crippen LogP contribution < -0.4 is 0 Å². The molecule has 1 aliphatic rings. The molecule has 0 fully saturated rings. The highest BCUT2D eigenvalue weighted by molar-refractivity contribution is 5.69. The maximum absolute atomic E-state index is 11.1. The highest BCUT2D eigenvalue weighted by atomic mass is 16.5. The van der Waals surface area contributed by atoms with Crippen molar-refractivity contribution in [1.29, 1.82) is 0 Å². The molecule has 20 heavy (non-hydrogen) atoms. The lowest BCUT2D eigenvalue weighted by atomic mass is 9.71. The third kappa shape index (κ3) is 5.15. The lowest BCUT2D eigenvalue weighted by molar-refractivity contribution is -0.140. The molecule has 0 amide bonds. The number of hydrogen-bond donors (Lipinski definition) is 0. The van der Waals surface area contributed by atoms with Crippen molar-refractivity contribution in [3.05, 3.63) is 22.8 Å². The first-order chi connectivity index (χ1) is 9.36. The molecule has 0 aromatic carbocycles. The molecule has 0 saturated heterocycles. The topological polar surface area (TPSA) is 26.3 Å². The van der Waals surface area contributed by atoms with Crippen molar-refractivity contribution in [2.24, 2.45) is 5.41 Å². The van der Waals surface area contributed by atoms with Crippen LogP contribution >= 0.6 is 0 Å². The molecule has 114 valence electrons. The molecular weight excluding hydrogens is 248 g/mol. The molecule has 1 rings (SSSR count). The van der Waals surface area contributed by atoms with E-state index in [1.165, 1.54) is 38.4 Å². The summed E-state index contributed by atoms with van der Waals surface area (Å²) >= 11 is 0. The van der Waals surface area contributed by atoms with Gasteiger partial charge in [-0.15, -0.1) is 0 Å². The minimum Gasteiger partial charge on any atom is -0.469 e. The summed E-state index contributed by atoms with van der Waals surface area (Å²) in [6.45, 7) is 9.22. The number of carbonyl (C=O) groups excluding carboxylic acids is 1. The highest BCUT2D eigenvalue weighted by Gasteiger charge is 2.27. The zero-order valence-corrected chi connectivity index (χ0v) is 13.8. The summed E-state index contributed by atoms with van der Waals surface area (Å²) in [5, 5.41) is 0. The Bertz CT molecular complexity index is 400. The van der Waals surface area contributed by atoms with Crippen LogP contribution in [0.2, 0.25) is 0 Å². The van der Waals surface area contributed by atoms with E-state index in [4.69, 9.17) is 0 Å². The Morgan fingerprint density at radius 3 is 2.65 bits per heavy atom. The molecule has 0 heterocycles. The first-order valence-corrected chi connectivity index (χ1v) is 7.78. The van der Waals surface area contributed by atoms with Crippen molar-refractivity contribution in [1.82, 2.24) is 0 Å². The van der Waals surface area contributed by atoms with Crippen LogP contribution in [-0.4, -0.2) is 13.1 Å². The monoisotopic (exact) mass is 278 g/mol. The van der Waals surface area contributed by atoms with Gasteiger partial charge in [-0.25, -0.2) is 0 Å². The van der Waals surface area contributed by atoms with E-state index in [9.17, 15) is 4.79 Å². The number of carbonyl (C=O) groups is 1. The van der Waals surface area contributed by atoms with Crippen molar-refractivity contribution in [2.45, 2.75) is 72.6 Å². The number of hydrogen-bond acceptors (Lipinski definition) is 2. The van der Waals surface area contributed by atoms with E-state index in [0.717, 1.165) is 12.8 Å². The fraction of sp³-hybridized carbons (Fsp3) is 0.722. The second kappa shape index (κ2) is 7.66. The van der Waals surface area contributed by atoms with Crippen LogP contribution in [0, 0.1) is 5.41 Å². The smallest absolute Gasteiger partial charge is 0.305 e. The first kappa shape index (κ1) is 17.0. The maximum Gasteiger partial charge on any atom is 0.305 e. The summed E-state index contributed by atoms with van der Waals surface area (Å²) in [6, 6.07) is 0. The molecule has 0 spiro atoms. The second-order valence-electron chi connectivity index (χ2n) is 6.66. The fourth-order valence-electron chi connectivity index (χ4n) is 3.19. The van der Waals surface area contributed by atoms with Gasteiger partial charge in [0.05, 0.1) is 7.11 Å². The van der Waals surface area contributed by atoms with Gasteiger partial charge in [-0.3, -0.25) is 4.79 Å². The quantitative estimate of drug-likeness (QED) is 0.493. The normalized spacial score (nSPS) is 19.1. The minimum absolute atomic E-state index is 0.124. The molecule has 0 aromatic rings. The fourth-order valence-corrected chi connectivity index (χ4v) is 3.19. The third-order valence-electron chi connectivity index (χ3n) is 4.52. The lowest BCUT2D eigenvalue weighted by Crippen LogP contribution is -2.20. The highest BCUT2D eigenvalue weighted by Crippen LogP contribution is 2.42. The van der Waals surface area contributed by atoms with Crippen LogP contribution in [0.15, 0.2) is 22.8 Å². The Labute approximate surface area is 124 Å². The van der Waals surface area contributed by atoms with Crippen molar-refractivity contribution in [3.63, 3.8) is 0 Å². The number of esters is 1. The average Bonchev–Trinajstić information content (AvgIpc) is 2.37. The van der Waals surface area contributed by atoms with Gasteiger partial charge in [-0.05, 0) is 57.8 Å². The lowest BCUT2D eigenvalue weighted by Gasteiger charge is -2.35. The zero-order valence-electron chi connectivity index (χ0n) is 13.8. The number of rotatable bonds is 6. The average molecular weight is 278 g/mol. The predicted molar refractivity (Wildman–Crippen MR) is 84.6 cm³/mol. The molecule has 0 bridgehead atoms. The molecule has 1 aliphatic carbocycles. The maximum atomic E-state index is 11.1. The van der Waals surface area contributed by atoms with Crippen LogP contribution in [0.4, 0.5) is 0 Å². The Hall–Kier alpha value is -1.05. The minimum atomic E-state index is -0.124. The molecular formula is C18H30O2. The first-order valence-electron chi connectivity index (χ1n) is 7.78. The molecule has 0 radical (unpaired) electrons. The standard InChI is InChI=1S/C18H30O2/c1-14(8-6-10-17(19)20-5)11-12-16-15(2)9-7-13-18(16,3)4/h8H,6-7,9-13H2,1-5H3. The Balaban J connectivity index is 2.49. The van der Waals surface area contributed by atoms with Crippen molar-refractivity contribution in [3.8, 4) is 0 Å². The zero-order chi connectivity index (χ0) is 15.2. The van der Waals surface area contributed by atoms with Gasteiger partial charge in [-0.2, -0.15) is 0 Å². The molecule has 0 N–H and O–H groups in total. The van der Waals surface area contributed by atoms with Crippen LogP contribution in [0.1, 0.15) is 72.6 Å². The summed E-state index contributed by atoms with van der Waals surface area (Å²) in [7, 11) is 1.44. The predicted octanol–water partition coefficient (Wildman–Crippen LogP) is 5.19. The van der Waals surface area contributed by atoms with Gasteiger partial charge in [-0.1, -0.05) is 36.6 Å². The van der Waals surface area contributed by atoms with Gasteiger partial charge < -0.3 is 4.74 Å². The van der Waals surface area contributed by atoms with Gasteiger partial charge in [0.1, 0.15) is 0 Å². The van der Waals surface area contributed by atoms with E-state index in [2.05, 4.69) is 38.5 Å². The Morgan fingerprint density at radius 2 is 2.05 bits per heavy atom. The summed E-state index contributed by atoms with van der Waals surface area (Å²) < 4.78 is 4.65. The van der Waals surface area contributed by atoms with Gasteiger partial charge in [0.25, 0.3) is 0 Å². The van der Waals surface area contributed by atoms with E-state index < -0.39 is 0 Å². The van der Waals surface area contributed by atoms with Gasteiger partial charge in [0.15, 0.2) is 0 Å². The van der Waals surface area contributed by atoms with Gasteiger partial charge in [0, 0.05) is 6.42 Å². The number of allylic oxidation sites excluding steroid dienone is 4. The third-order valence-corrected chi connectivity index (χ3v) is 4.52. The van der Waals surface area contributed by atoms with E-state index >= 15 is 0 Å². The van der Waals surface area contributed by atoms with Crippen molar-refractivity contribution in [2.75, 3.05) is 7.11 Å². The summed E-state index contributed by atoms with van der Waals surface area (Å²) in [5.74, 6) is -0.124. The molecule has 0 saturated carbocycles.